The molecule has 1 aromatic rings. The second-order valence-electron chi connectivity index (χ2n) is 3.71. The summed E-state index contributed by atoms with van der Waals surface area (Å²) in [4.78, 5) is 17.8. The fourth-order valence-corrected chi connectivity index (χ4v) is 1.87. The van der Waals surface area contributed by atoms with Crippen molar-refractivity contribution in [1.82, 2.24) is 4.90 Å². The van der Waals surface area contributed by atoms with Crippen LogP contribution in [0.25, 0.3) is 0 Å². The number of aliphatic imine (C=N–C) groups is 1. The number of fused-ring (bicyclic) bond motifs is 1. The van der Waals surface area contributed by atoms with Crippen LogP contribution in [0.5, 0.6) is 0 Å². The molecule has 3 heteroatoms. The van der Waals surface area contributed by atoms with Gasteiger partial charge in [0, 0.05) is 26.2 Å². The van der Waals surface area contributed by atoms with Crippen LogP contribution in [0.2, 0.25) is 0 Å². The van der Waals surface area contributed by atoms with Crippen LogP contribution in [-0.2, 0) is 11.2 Å². The Morgan fingerprint density at radius 1 is 1.33 bits per heavy atom. The number of hydrogen-bond donors (Lipinski definition) is 0. The van der Waals surface area contributed by atoms with Crippen LogP contribution in [-0.4, -0.2) is 37.2 Å². The number of rotatable bonds is 0. The highest BCUT2D eigenvalue weighted by atomic mass is 16.2. The number of carbonyl (C=O) groups is 1. The Morgan fingerprint density at radius 2 is 2.07 bits per heavy atom. The number of benzene rings is 1. The molecule has 78 valence electrons. The molecule has 1 aromatic carbocycles. The van der Waals surface area contributed by atoms with Crippen molar-refractivity contribution >= 4 is 11.6 Å². The molecular formula is C12H14N2O. The minimum Gasteiger partial charge on any atom is -0.340 e. The van der Waals surface area contributed by atoms with E-state index in [1.807, 2.05) is 25.2 Å². The van der Waals surface area contributed by atoms with Crippen LogP contribution in [0, 0.1) is 0 Å². The van der Waals surface area contributed by atoms with Crippen molar-refractivity contribution in [2.75, 3.05) is 20.6 Å². The summed E-state index contributed by atoms with van der Waals surface area (Å²) < 4.78 is 0. The van der Waals surface area contributed by atoms with Gasteiger partial charge in [-0.05, 0) is 12.0 Å². The third-order valence-electron chi connectivity index (χ3n) is 2.76. The summed E-state index contributed by atoms with van der Waals surface area (Å²) in [6.45, 7) is 0.759. The van der Waals surface area contributed by atoms with Gasteiger partial charge < -0.3 is 4.90 Å². The Balaban J connectivity index is 2.56. The Labute approximate surface area is 89.4 Å². The van der Waals surface area contributed by atoms with E-state index in [0.717, 1.165) is 18.5 Å². The summed E-state index contributed by atoms with van der Waals surface area (Å²) in [6, 6.07) is 7.98. The maximum atomic E-state index is 11.9. The third kappa shape index (κ3) is 1.65. The predicted octanol–water partition coefficient (Wildman–Crippen LogP) is 1.12. The highest BCUT2D eigenvalue weighted by molar-refractivity contribution is 6.45. The van der Waals surface area contributed by atoms with Crippen molar-refractivity contribution in [2.24, 2.45) is 4.99 Å². The molecule has 1 aliphatic heterocycles. The second-order valence-corrected chi connectivity index (χ2v) is 3.71. The lowest BCUT2D eigenvalue weighted by Crippen LogP contribution is -2.32. The zero-order valence-corrected chi connectivity index (χ0v) is 9.03. The fourth-order valence-electron chi connectivity index (χ4n) is 1.87. The molecule has 0 unspecified atom stereocenters. The van der Waals surface area contributed by atoms with E-state index in [1.54, 1.807) is 11.9 Å². The maximum Gasteiger partial charge on any atom is 0.272 e. The maximum absolute atomic E-state index is 11.9. The van der Waals surface area contributed by atoms with E-state index in [2.05, 4.69) is 11.1 Å². The van der Waals surface area contributed by atoms with Gasteiger partial charge in [-0.15, -0.1) is 0 Å². The predicted molar refractivity (Wildman–Crippen MR) is 60.2 cm³/mol. The van der Waals surface area contributed by atoms with Crippen LogP contribution in [0.4, 0.5) is 0 Å². The molecule has 1 amide bonds. The normalized spacial score (nSPS) is 18.9. The second kappa shape index (κ2) is 3.85. The van der Waals surface area contributed by atoms with Crippen molar-refractivity contribution in [2.45, 2.75) is 6.42 Å². The molecule has 0 bridgehead atoms. The number of amides is 1. The largest absolute Gasteiger partial charge is 0.340 e. The molecule has 0 aliphatic carbocycles. The lowest BCUT2D eigenvalue weighted by atomic mass is 10.0. The average Bonchev–Trinajstić information content (AvgIpc) is 2.38. The molecule has 1 heterocycles. The van der Waals surface area contributed by atoms with Gasteiger partial charge in [0.15, 0.2) is 0 Å². The van der Waals surface area contributed by atoms with Gasteiger partial charge in [-0.25, -0.2) is 0 Å². The molecule has 0 radical (unpaired) electrons. The molecule has 0 saturated carbocycles. The SMILES string of the molecule is CN=C1C(=O)N(C)CCc2ccccc21. The molecule has 15 heavy (non-hydrogen) atoms. The van der Waals surface area contributed by atoms with E-state index in [4.69, 9.17) is 0 Å². The molecule has 3 nitrogen and oxygen atoms in total. The van der Waals surface area contributed by atoms with Crippen LogP contribution in [0.3, 0.4) is 0 Å². The average molecular weight is 202 g/mol. The first kappa shape index (κ1) is 9.90. The molecule has 0 N–H and O–H groups in total. The van der Waals surface area contributed by atoms with Gasteiger partial charge in [-0.2, -0.15) is 0 Å². The number of hydrogen-bond acceptors (Lipinski definition) is 2. The highest BCUT2D eigenvalue weighted by Gasteiger charge is 2.23. The van der Waals surface area contributed by atoms with Gasteiger partial charge in [0.1, 0.15) is 5.71 Å². The quantitative estimate of drug-likeness (QED) is 0.620. The summed E-state index contributed by atoms with van der Waals surface area (Å²) in [5.41, 5.74) is 2.76. The van der Waals surface area contributed by atoms with Crippen molar-refractivity contribution in [3.63, 3.8) is 0 Å². The minimum absolute atomic E-state index is 0.0162. The monoisotopic (exact) mass is 202 g/mol. The molecule has 0 saturated heterocycles. The summed E-state index contributed by atoms with van der Waals surface area (Å²) in [5.74, 6) is 0.0162. The number of nitrogens with zero attached hydrogens (tertiary/aromatic N) is 2. The zero-order chi connectivity index (χ0) is 10.8. The minimum atomic E-state index is 0.0162. The van der Waals surface area contributed by atoms with Crippen molar-refractivity contribution in [3.05, 3.63) is 35.4 Å². The topological polar surface area (TPSA) is 32.7 Å². The van der Waals surface area contributed by atoms with Gasteiger partial charge in [0.25, 0.3) is 5.91 Å². The fraction of sp³-hybridized carbons (Fsp3) is 0.333. The Bertz CT molecular complexity index is 423. The van der Waals surface area contributed by atoms with Crippen molar-refractivity contribution in [3.8, 4) is 0 Å². The first-order chi connectivity index (χ1) is 7.24. The standard InChI is InChI=1S/C12H14N2O/c1-13-11-10-6-4-3-5-9(10)7-8-14(2)12(11)15/h3-6H,7-8H2,1-2H3. The van der Waals surface area contributed by atoms with E-state index in [-0.39, 0.29) is 5.91 Å². The van der Waals surface area contributed by atoms with E-state index < -0.39 is 0 Å². The molecule has 0 atom stereocenters. The summed E-state index contributed by atoms with van der Waals surface area (Å²) in [7, 11) is 3.49. The first-order valence-electron chi connectivity index (χ1n) is 5.04. The molecule has 0 fully saturated rings. The summed E-state index contributed by atoms with van der Waals surface area (Å²) in [5, 5.41) is 0. The lowest BCUT2D eigenvalue weighted by molar-refractivity contribution is -0.122. The smallest absolute Gasteiger partial charge is 0.272 e. The van der Waals surface area contributed by atoms with Crippen LogP contribution in [0.15, 0.2) is 29.3 Å². The summed E-state index contributed by atoms with van der Waals surface area (Å²) >= 11 is 0. The first-order valence-corrected chi connectivity index (χ1v) is 5.04. The van der Waals surface area contributed by atoms with Gasteiger partial charge in [-0.3, -0.25) is 9.79 Å². The highest BCUT2D eigenvalue weighted by Crippen LogP contribution is 2.16. The summed E-state index contributed by atoms with van der Waals surface area (Å²) in [6.07, 6.45) is 0.900. The lowest BCUT2D eigenvalue weighted by Gasteiger charge is -2.13. The van der Waals surface area contributed by atoms with Gasteiger partial charge in [0.05, 0.1) is 0 Å². The van der Waals surface area contributed by atoms with Crippen molar-refractivity contribution < 1.29 is 4.79 Å². The molecule has 1 aliphatic rings. The zero-order valence-electron chi connectivity index (χ0n) is 9.03. The molecule has 0 spiro atoms. The molecular weight excluding hydrogens is 188 g/mol. The molecule has 2 rings (SSSR count). The number of carbonyl (C=O) groups excluding carboxylic acids is 1. The van der Waals surface area contributed by atoms with Crippen molar-refractivity contribution in [1.29, 1.82) is 0 Å². The van der Waals surface area contributed by atoms with Crippen LogP contribution >= 0.6 is 0 Å². The van der Waals surface area contributed by atoms with E-state index in [0.29, 0.717) is 5.71 Å². The van der Waals surface area contributed by atoms with Gasteiger partial charge in [-0.1, -0.05) is 24.3 Å². The Kier molecular flexibility index (Phi) is 2.54. The van der Waals surface area contributed by atoms with Crippen LogP contribution < -0.4 is 0 Å². The third-order valence-corrected chi connectivity index (χ3v) is 2.76. The van der Waals surface area contributed by atoms with Gasteiger partial charge in [0.2, 0.25) is 0 Å². The van der Waals surface area contributed by atoms with E-state index in [1.165, 1.54) is 5.56 Å². The van der Waals surface area contributed by atoms with Gasteiger partial charge >= 0.3 is 0 Å². The van der Waals surface area contributed by atoms with E-state index in [9.17, 15) is 4.79 Å². The van der Waals surface area contributed by atoms with Crippen LogP contribution in [0.1, 0.15) is 11.1 Å². The molecule has 0 aromatic heterocycles. The van der Waals surface area contributed by atoms with E-state index >= 15 is 0 Å². The Hall–Kier alpha value is -1.64. The number of likely N-dealkylation sites (N-methyl/N-ethyl adjacent to an activating group) is 1. The Morgan fingerprint density at radius 3 is 2.80 bits per heavy atom.